The number of nitrogens with one attached hydrogen (secondary N) is 2. The van der Waals surface area contributed by atoms with Gasteiger partial charge >= 0.3 is 0 Å². The first-order chi connectivity index (χ1) is 15.5. The molecule has 32 heavy (non-hydrogen) atoms. The molecule has 0 unspecified atom stereocenters. The van der Waals surface area contributed by atoms with Crippen LogP contribution in [0.3, 0.4) is 0 Å². The van der Waals surface area contributed by atoms with Gasteiger partial charge in [0.25, 0.3) is 0 Å². The molecule has 0 aliphatic carbocycles. The van der Waals surface area contributed by atoms with Crippen molar-refractivity contribution < 1.29 is 9.47 Å². The maximum Gasteiger partial charge on any atom is 0.214 e. The molecule has 164 valence electrons. The van der Waals surface area contributed by atoms with Gasteiger partial charge in [0, 0.05) is 5.56 Å². The molecule has 4 rings (SSSR count). The Morgan fingerprint density at radius 2 is 1.88 bits per heavy atom. The molecule has 1 heterocycles. The summed E-state index contributed by atoms with van der Waals surface area (Å²) in [6.07, 6.45) is 0. The van der Waals surface area contributed by atoms with Gasteiger partial charge in [-0.1, -0.05) is 71.8 Å². The van der Waals surface area contributed by atoms with Gasteiger partial charge in [-0.15, -0.1) is 0 Å². The van der Waals surface area contributed by atoms with Crippen molar-refractivity contribution in [3.63, 3.8) is 0 Å². The van der Waals surface area contributed by atoms with E-state index in [4.69, 9.17) is 33.3 Å². The molecule has 0 saturated carbocycles. The van der Waals surface area contributed by atoms with Gasteiger partial charge in [-0.3, -0.25) is 0 Å². The fourth-order valence-corrected chi connectivity index (χ4v) is 3.85. The molecule has 2 N–H and O–H groups in total. The first kappa shape index (κ1) is 21.9. The van der Waals surface area contributed by atoms with E-state index >= 15 is 0 Å². The highest BCUT2D eigenvalue weighted by atomic mass is 35.5. The fourth-order valence-electron chi connectivity index (χ4n) is 3.37. The lowest BCUT2D eigenvalue weighted by Crippen LogP contribution is -2.16. The van der Waals surface area contributed by atoms with E-state index in [2.05, 4.69) is 21.7 Å². The lowest BCUT2D eigenvalue weighted by atomic mass is 10.1. The summed E-state index contributed by atoms with van der Waals surface area (Å²) in [5.74, 6) is 1.79. The Labute approximate surface area is 196 Å². The van der Waals surface area contributed by atoms with Gasteiger partial charge in [0.15, 0.2) is 17.3 Å². The minimum Gasteiger partial charge on any atom is -0.493 e. The van der Waals surface area contributed by atoms with Crippen LogP contribution in [0.25, 0.3) is 11.4 Å². The van der Waals surface area contributed by atoms with Crippen LogP contribution in [0.15, 0.2) is 66.7 Å². The van der Waals surface area contributed by atoms with Gasteiger partial charge in [-0.25, -0.2) is 9.77 Å². The van der Waals surface area contributed by atoms with Gasteiger partial charge in [0.1, 0.15) is 6.61 Å². The molecule has 0 aliphatic rings. The van der Waals surface area contributed by atoms with E-state index in [0.29, 0.717) is 40.3 Å². The number of H-pyrrole nitrogens is 1. The molecule has 0 spiro atoms. The van der Waals surface area contributed by atoms with Crippen LogP contribution in [0.1, 0.15) is 16.7 Å². The summed E-state index contributed by atoms with van der Waals surface area (Å²) in [4.78, 5) is 0. The second-order valence-corrected chi connectivity index (χ2v) is 8.07. The van der Waals surface area contributed by atoms with Crippen LogP contribution >= 0.6 is 23.8 Å². The standard InChI is InChI=1S/C24H23ClN4O2S/c1-16-7-6-8-17(11-16)15-31-22-20(25)12-18(13-21(22)30-2)14-26-29-23(27-28-24(29)32)19-9-4-3-5-10-19/h3-13,26H,14-15H2,1-2H3,(H,28,32). The maximum absolute atomic E-state index is 6.55. The summed E-state index contributed by atoms with van der Waals surface area (Å²) in [6.45, 7) is 2.91. The molecular formula is C24H23ClN4O2S. The maximum atomic E-state index is 6.55. The summed E-state index contributed by atoms with van der Waals surface area (Å²) < 4.78 is 13.8. The third-order valence-corrected chi connectivity index (χ3v) is 5.46. The lowest BCUT2D eigenvalue weighted by molar-refractivity contribution is 0.284. The van der Waals surface area contributed by atoms with E-state index < -0.39 is 0 Å². The third-order valence-electron chi connectivity index (χ3n) is 4.90. The number of rotatable bonds is 8. The molecule has 0 bridgehead atoms. The smallest absolute Gasteiger partial charge is 0.214 e. The number of benzene rings is 3. The largest absolute Gasteiger partial charge is 0.493 e. The van der Waals surface area contributed by atoms with Gasteiger partial charge < -0.3 is 14.9 Å². The number of aromatic amines is 1. The van der Waals surface area contributed by atoms with Crippen molar-refractivity contribution >= 4 is 23.8 Å². The minimum atomic E-state index is 0.403. The van der Waals surface area contributed by atoms with E-state index in [1.807, 2.05) is 67.6 Å². The molecule has 0 fully saturated rings. The van der Waals surface area contributed by atoms with Crippen molar-refractivity contribution in [3.8, 4) is 22.9 Å². The van der Waals surface area contributed by atoms with E-state index in [9.17, 15) is 0 Å². The highest BCUT2D eigenvalue weighted by Crippen LogP contribution is 2.37. The molecule has 1 aromatic heterocycles. The summed E-state index contributed by atoms with van der Waals surface area (Å²) in [5, 5.41) is 7.65. The predicted octanol–water partition coefficient (Wildman–Crippen LogP) is 5.90. The number of methoxy groups -OCH3 is 1. The first-order valence-corrected chi connectivity index (χ1v) is 10.8. The summed E-state index contributed by atoms with van der Waals surface area (Å²) >= 11 is 11.9. The summed E-state index contributed by atoms with van der Waals surface area (Å²) in [5.41, 5.74) is 7.41. The predicted molar refractivity (Wildman–Crippen MR) is 129 cm³/mol. The van der Waals surface area contributed by atoms with Gasteiger partial charge in [-0.2, -0.15) is 5.10 Å². The van der Waals surface area contributed by atoms with Crippen molar-refractivity contribution in [2.24, 2.45) is 0 Å². The Morgan fingerprint density at radius 3 is 2.62 bits per heavy atom. The van der Waals surface area contributed by atoms with Crippen LogP contribution in [0.4, 0.5) is 0 Å². The van der Waals surface area contributed by atoms with Crippen molar-refractivity contribution in [1.29, 1.82) is 0 Å². The SMILES string of the molecule is COc1cc(CNn2c(-c3ccccc3)n[nH]c2=S)cc(Cl)c1OCc1cccc(C)c1. The van der Waals surface area contributed by atoms with Gasteiger partial charge in [-0.05, 0) is 42.4 Å². The highest BCUT2D eigenvalue weighted by Gasteiger charge is 2.14. The second-order valence-electron chi connectivity index (χ2n) is 7.28. The Kier molecular flexibility index (Phi) is 6.78. The average molecular weight is 467 g/mol. The Bertz CT molecular complexity index is 1270. The highest BCUT2D eigenvalue weighted by molar-refractivity contribution is 7.71. The number of ether oxygens (including phenoxy) is 2. The van der Waals surface area contributed by atoms with E-state index in [1.54, 1.807) is 11.8 Å². The summed E-state index contributed by atoms with van der Waals surface area (Å²) in [7, 11) is 1.60. The van der Waals surface area contributed by atoms with Crippen LogP contribution in [0.5, 0.6) is 11.5 Å². The first-order valence-electron chi connectivity index (χ1n) is 10.1. The second kappa shape index (κ2) is 9.89. The fraction of sp³-hybridized carbons (Fsp3) is 0.167. The zero-order valence-corrected chi connectivity index (χ0v) is 19.3. The molecule has 0 aliphatic heterocycles. The van der Waals surface area contributed by atoms with E-state index in [1.165, 1.54) is 5.56 Å². The number of aromatic nitrogens is 3. The molecule has 3 aromatic carbocycles. The summed E-state index contributed by atoms with van der Waals surface area (Å²) in [6, 6.07) is 21.7. The van der Waals surface area contributed by atoms with Crippen LogP contribution in [-0.2, 0) is 13.2 Å². The van der Waals surface area contributed by atoms with Crippen LogP contribution in [-0.4, -0.2) is 22.0 Å². The zero-order valence-electron chi connectivity index (χ0n) is 17.8. The molecule has 0 saturated heterocycles. The monoisotopic (exact) mass is 466 g/mol. The van der Waals surface area contributed by atoms with Crippen molar-refractivity contribution in [2.45, 2.75) is 20.1 Å². The molecule has 8 heteroatoms. The quantitative estimate of drug-likeness (QED) is 0.316. The minimum absolute atomic E-state index is 0.403. The van der Waals surface area contributed by atoms with Crippen molar-refractivity contribution in [2.75, 3.05) is 12.5 Å². The topological polar surface area (TPSA) is 64.1 Å². The lowest BCUT2D eigenvalue weighted by Gasteiger charge is -2.16. The molecule has 0 amide bonds. The molecule has 0 atom stereocenters. The third kappa shape index (κ3) is 4.95. The Morgan fingerprint density at radius 1 is 1.06 bits per heavy atom. The van der Waals surface area contributed by atoms with Gasteiger partial charge in [0.2, 0.25) is 4.77 Å². The zero-order chi connectivity index (χ0) is 22.5. The number of nitrogens with zero attached hydrogens (tertiary/aromatic N) is 2. The number of hydrogen-bond acceptors (Lipinski definition) is 5. The normalized spacial score (nSPS) is 10.7. The van der Waals surface area contributed by atoms with Crippen LogP contribution < -0.4 is 14.9 Å². The molecular weight excluding hydrogens is 444 g/mol. The Hall–Kier alpha value is -3.29. The number of halogens is 1. The molecule has 0 radical (unpaired) electrons. The molecule has 6 nitrogen and oxygen atoms in total. The van der Waals surface area contributed by atoms with E-state index in [0.717, 1.165) is 16.7 Å². The number of aryl methyl sites for hydroxylation is 1. The van der Waals surface area contributed by atoms with Crippen molar-refractivity contribution in [3.05, 3.63) is 93.2 Å². The van der Waals surface area contributed by atoms with Crippen LogP contribution in [0.2, 0.25) is 5.02 Å². The average Bonchev–Trinajstić information content (AvgIpc) is 3.17. The van der Waals surface area contributed by atoms with E-state index in [-0.39, 0.29) is 0 Å². The Balaban J connectivity index is 1.52. The molecule has 4 aromatic rings. The van der Waals surface area contributed by atoms with Gasteiger partial charge in [0.05, 0.1) is 18.7 Å². The van der Waals surface area contributed by atoms with Crippen LogP contribution in [0, 0.1) is 11.7 Å². The van der Waals surface area contributed by atoms with Crippen molar-refractivity contribution in [1.82, 2.24) is 14.9 Å². The number of hydrogen-bond donors (Lipinski definition) is 2.